The number of pyridine rings is 1. The highest BCUT2D eigenvalue weighted by Gasteiger charge is 2.16. The maximum atomic E-state index is 12.8. The molecule has 0 aliphatic heterocycles. The van der Waals surface area contributed by atoms with Crippen LogP contribution in [0.2, 0.25) is 10.0 Å². The molecule has 5 aromatic rings. The molecule has 0 saturated carbocycles. The Morgan fingerprint density at radius 1 is 0.970 bits per heavy atom. The summed E-state index contributed by atoms with van der Waals surface area (Å²) >= 11 is 12.9. The summed E-state index contributed by atoms with van der Waals surface area (Å²) in [4.78, 5) is 25.1. The Balaban J connectivity index is 1.44. The van der Waals surface area contributed by atoms with Crippen LogP contribution in [0.4, 0.5) is 5.82 Å². The number of carbonyl (C=O) groups is 1. The first kappa shape index (κ1) is 21.7. The maximum Gasteiger partial charge on any atom is 0.256 e. The van der Waals surface area contributed by atoms with E-state index in [-0.39, 0.29) is 5.91 Å². The lowest BCUT2D eigenvalue weighted by Crippen LogP contribution is -2.12. The number of imidazole rings is 1. The zero-order chi connectivity index (χ0) is 22.9. The highest BCUT2D eigenvalue weighted by molar-refractivity contribution is 7.16. The number of benzene rings is 3. The second kappa shape index (κ2) is 8.99. The molecule has 2 heterocycles. The maximum absolute atomic E-state index is 12.8. The highest BCUT2D eigenvalue weighted by Crippen LogP contribution is 2.37. The van der Waals surface area contributed by atoms with E-state index in [1.54, 1.807) is 36.4 Å². The van der Waals surface area contributed by atoms with Crippen LogP contribution in [0.3, 0.4) is 0 Å². The van der Waals surface area contributed by atoms with Gasteiger partial charge in [0.15, 0.2) is 0 Å². The second-order valence-electron chi connectivity index (χ2n) is 7.23. The number of halogens is 2. The molecule has 3 aromatic carbocycles. The smallest absolute Gasteiger partial charge is 0.256 e. The van der Waals surface area contributed by atoms with Crippen molar-refractivity contribution in [3.05, 3.63) is 82.3 Å². The molecule has 0 bridgehead atoms. The van der Waals surface area contributed by atoms with E-state index < -0.39 is 0 Å². The Morgan fingerprint density at radius 2 is 1.76 bits per heavy atom. The number of H-pyrrole nitrogens is 1. The van der Waals surface area contributed by atoms with Crippen LogP contribution in [0, 0.1) is 0 Å². The normalized spacial score (nSPS) is 11.1. The third-order valence-corrected chi connectivity index (χ3v) is 5.85. The summed E-state index contributed by atoms with van der Waals surface area (Å²) in [6, 6.07) is 20.0. The summed E-state index contributed by atoms with van der Waals surface area (Å²) in [6.45, 7) is 0. The number of nitrogens with one attached hydrogen (secondary N) is 2. The molecule has 0 aliphatic rings. The van der Waals surface area contributed by atoms with E-state index in [4.69, 9.17) is 27.9 Å². The molecular formula is C24H17Cl2N4O2P. The van der Waals surface area contributed by atoms with E-state index in [1.165, 1.54) is 0 Å². The first-order valence-electron chi connectivity index (χ1n) is 10.0. The molecule has 6 nitrogen and oxygen atoms in total. The first-order chi connectivity index (χ1) is 16.0. The number of nitrogens with zero attached hydrogens (tertiary/aromatic N) is 2. The van der Waals surface area contributed by atoms with Crippen molar-refractivity contribution in [2.24, 2.45) is 0 Å². The third-order valence-electron chi connectivity index (χ3n) is 5.09. The minimum atomic E-state index is -0.272. The summed E-state index contributed by atoms with van der Waals surface area (Å²) in [6.07, 6.45) is 0.427. The molecule has 0 saturated heterocycles. The number of aromatic nitrogens is 3. The molecule has 2 N–H and O–H groups in total. The van der Waals surface area contributed by atoms with Crippen molar-refractivity contribution in [1.82, 2.24) is 15.0 Å². The van der Waals surface area contributed by atoms with Gasteiger partial charge in [-0.15, -0.1) is 0 Å². The molecule has 0 fully saturated rings. The number of hydrogen-bond acceptors (Lipinski definition) is 4. The number of carbonyl (C=O) groups excluding carboxylic acids is 1. The summed E-state index contributed by atoms with van der Waals surface area (Å²) in [5, 5.41) is 4.68. The van der Waals surface area contributed by atoms with Crippen LogP contribution in [0.5, 0.6) is 5.75 Å². The van der Waals surface area contributed by atoms with Crippen LogP contribution in [0.15, 0.2) is 66.7 Å². The van der Waals surface area contributed by atoms with Crippen LogP contribution < -0.4 is 10.1 Å². The number of rotatable bonds is 5. The third kappa shape index (κ3) is 4.38. The van der Waals surface area contributed by atoms with E-state index in [1.807, 2.05) is 30.3 Å². The van der Waals surface area contributed by atoms with E-state index >= 15 is 0 Å². The summed E-state index contributed by atoms with van der Waals surface area (Å²) < 4.78 is 5.45. The van der Waals surface area contributed by atoms with Crippen LogP contribution >= 0.6 is 32.4 Å². The lowest BCUT2D eigenvalue weighted by Gasteiger charge is -2.08. The standard InChI is InChI=1S/C24H17Cl2N4O2P/c25-16-10-15(32-12-33)11-17(26)22(16)23-28-19-7-5-14(9-20(19)29-23)24(31)30-21-8-6-13-3-1-2-4-18(13)27-21/h1-11H,12,33H2,(H,28,29)(H,27,30,31). The zero-order valence-electron chi connectivity index (χ0n) is 17.1. The fourth-order valence-electron chi connectivity index (χ4n) is 3.55. The number of hydrogen-bond donors (Lipinski definition) is 2. The molecular weight excluding hydrogens is 478 g/mol. The molecule has 9 heteroatoms. The minimum Gasteiger partial charge on any atom is -0.490 e. The van der Waals surface area contributed by atoms with Gasteiger partial charge >= 0.3 is 0 Å². The molecule has 164 valence electrons. The summed E-state index contributed by atoms with van der Waals surface area (Å²) in [5.41, 5.74) is 3.21. The van der Waals surface area contributed by atoms with E-state index in [9.17, 15) is 4.79 Å². The Hall–Kier alpha value is -3.18. The average molecular weight is 495 g/mol. The molecule has 1 atom stereocenters. The Morgan fingerprint density at radius 3 is 2.55 bits per heavy atom. The van der Waals surface area contributed by atoms with Crippen molar-refractivity contribution >= 4 is 66.1 Å². The quantitative estimate of drug-likeness (QED) is 0.271. The SMILES string of the molecule is O=C(Nc1ccc2ccccc2n1)c1ccc2nc(-c3c(Cl)cc(OCP)cc3Cl)[nH]c2c1. The number of amides is 1. The number of fused-ring (bicyclic) bond motifs is 2. The van der Waals surface area contributed by atoms with Crippen molar-refractivity contribution in [3.8, 4) is 17.1 Å². The van der Waals surface area contributed by atoms with Gasteiger partial charge in [-0.25, -0.2) is 9.97 Å². The van der Waals surface area contributed by atoms with Gasteiger partial charge in [-0.2, -0.15) is 0 Å². The van der Waals surface area contributed by atoms with Crippen LogP contribution in [0.1, 0.15) is 10.4 Å². The van der Waals surface area contributed by atoms with E-state index in [0.717, 1.165) is 10.9 Å². The summed E-state index contributed by atoms with van der Waals surface area (Å²) in [7, 11) is 2.47. The molecule has 2 aromatic heterocycles. The number of ether oxygens (including phenoxy) is 1. The Kier molecular flexibility index (Phi) is 5.90. The van der Waals surface area contributed by atoms with Gasteiger partial charge < -0.3 is 15.0 Å². The van der Waals surface area contributed by atoms with Gasteiger partial charge in [-0.3, -0.25) is 4.79 Å². The molecule has 33 heavy (non-hydrogen) atoms. The first-order valence-corrected chi connectivity index (χ1v) is 11.6. The van der Waals surface area contributed by atoms with E-state index in [2.05, 4.69) is 29.5 Å². The van der Waals surface area contributed by atoms with Gasteiger partial charge in [-0.1, -0.05) is 50.6 Å². The number of para-hydroxylation sites is 1. The van der Waals surface area contributed by atoms with Crippen molar-refractivity contribution in [1.29, 1.82) is 0 Å². The Bertz CT molecular complexity index is 1500. The molecule has 0 spiro atoms. The van der Waals surface area contributed by atoms with Crippen molar-refractivity contribution in [2.75, 3.05) is 11.7 Å². The fraction of sp³-hybridized carbons (Fsp3) is 0.0417. The Labute approximate surface area is 201 Å². The summed E-state index contributed by atoms with van der Waals surface area (Å²) in [5.74, 6) is 1.29. The highest BCUT2D eigenvalue weighted by atomic mass is 35.5. The number of anilines is 1. The predicted octanol–water partition coefficient (Wildman–Crippen LogP) is 6.55. The fourth-order valence-corrected chi connectivity index (χ4v) is 4.39. The van der Waals surface area contributed by atoms with Gasteiger partial charge in [-0.05, 0) is 48.5 Å². The van der Waals surface area contributed by atoms with Gasteiger partial charge in [0, 0.05) is 10.9 Å². The van der Waals surface area contributed by atoms with Gasteiger partial charge in [0.2, 0.25) is 0 Å². The predicted molar refractivity (Wildman–Crippen MR) is 136 cm³/mol. The monoisotopic (exact) mass is 494 g/mol. The molecule has 5 rings (SSSR count). The van der Waals surface area contributed by atoms with Crippen molar-refractivity contribution in [3.63, 3.8) is 0 Å². The van der Waals surface area contributed by atoms with E-state index in [0.29, 0.717) is 55.9 Å². The van der Waals surface area contributed by atoms with Gasteiger partial charge in [0.1, 0.15) is 23.7 Å². The largest absolute Gasteiger partial charge is 0.490 e. The molecule has 1 unspecified atom stereocenters. The lowest BCUT2D eigenvalue weighted by atomic mass is 10.2. The van der Waals surface area contributed by atoms with Crippen molar-refractivity contribution < 1.29 is 9.53 Å². The van der Waals surface area contributed by atoms with Gasteiger partial charge in [0.25, 0.3) is 5.91 Å². The number of aromatic amines is 1. The topological polar surface area (TPSA) is 79.9 Å². The molecule has 0 radical (unpaired) electrons. The van der Waals surface area contributed by atoms with Crippen molar-refractivity contribution in [2.45, 2.75) is 0 Å². The lowest BCUT2D eigenvalue weighted by molar-refractivity contribution is 0.102. The van der Waals surface area contributed by atoms with Crippen LogP contribution in [0.25, 0.3) is 33.3 Å². The molecule has 0 aliphatic carbocycles. The van der Waals surface area contributed by atoms with Crippen LogP contribution in [-0.4, -0.2) is 27.2 Å². The van der Waals surface area contributed by atoms with Crippen LogP contribution in [-0.2, 0) is 0 Å². The molecule has 1 amide bonds. The average Bonchev–Trinajstić information content (AvgIpc) is 3.21. The zero-order valence-corrected chi connectivity index (χ0v) is 19.8. The second-order valence-corrected chi connectivity index (χ2v) is 8.38. The minimum absolute atomic E-state index is 0.272. The van der Waals surface area contributed by atoms with Gasteiger partial charge in [0.05, 0.1) is 32.2 Å².